The van der Waals surface area contributed by atoms with E-state index in [9.17, 15) is 10.2 Å². The van der Waals surface area contributed by atoms with Crippen molar-refractivity contribution >= 4 is 27.5 Å². The molecule has 4 N–H and O–H groups in total. The van der Waals surface area contributed by atoms with Crippen LogP contribution in [0.4, 0.5) is 0 Å². The van der Waals surface area contributed by atoms with Crippen LogP contribution in [-0.2, 0) is 5.41 Å². The van der Waals surface area contributed by atoms with Gasteiger partial charge < -0.3 is 25.1 Å². The van der Waals surface area contributed by atoms with E-state index < -0.39 is 6.10 Å². The number of hydrogen-bond acceptors (Lipinski definition) is 7. The fourth-order valence-corrected chi connectivity index (χ4v) is 4.29. The number of allylic oxidation sites excluding steroid dienone is 1. The molecule has 1 heterocycles. The van der Waals surface area contributed by atoms with Gasteiger partial charge in [-0.25, -0.2) is 0 Å². The van der Waals surface area contributed by atoms with Gasteiger partial charge in [-0.05, 0) is 64.7 Å². The van der Waals surface area contributed by atoms with Crippen molar-refractivity contribution in [2.24, 2.45) is 0 Å². The molecule has 0 aliphatic carbocycles. The number of hydrogen-bond donors (Lipinski definition) is 4. The third-order valence-electron chi connectivity index (χ3n) is 5.89. The van der Waals surface area contributed by atoms with Crippen LogP contribution in [-0.4, -0.2) is 53.6 Å². The van der Waals surface area contributed by atoms with E-state index in [1.54, 1.807) is 5.01 Å². The summed E-state index contributed by atoms with van der Waals surface area (Å²) in [5.41, 5.74) is 9.44. The van der Waals surface area contributed by atoms with E-state index in [0.717, 1.165) is 33.5 Å². The highest BCUT2D eigenvalue weighted by atomic mass is 79.9. The first-order valence-electron chi connectivity index (χ1n) is 11.3. The number of rotatable bonds is 12. The van der Waals surface area contributed by atoms with Gasteiger partial charge in [-0.3, -0.25) is 5.01 Å². The van der Waals surface area contributed by atoms with Crippen molar-refractivity contribution in [3.8, 4) is 11.5 Å². The predicted molar refractivity (Wildman–Crippen MR) is 138 cm³/mol. The molecule has 1 unspecified atom stereocenters. The highest BCUT2D eigenvalue weighted by Crippen LogP contribution is 2.36. The first kappa shape index (κ1) is 26.6. The number of benzene rings is 2. The Balaban J connectivity index is 1.58. The molecule has 2 aromatic rings. The molecule has 0 radical (unpaired) electrons. The van der Waals surface area contributed by atoms with Crippen molar-refractivity contribution in [3.05, 3.63) is 69.5 Å². The number of β-amino-alcohol motifs (C(OH)–C–C–N with tert-alkyl or cyclic N) is 1. The van der Waals surface area contributed by atoms with Crippen molar-refractivity contribution < 1.29 is 19.7 Å². The molecule has 9 heteroatoms. The number of nitrogens with zero attached hydrogens (tertiary/aromatic N) is 1. The van der Waals surface area contributed by atoms with Crippen molar-refractivity contribution in [2.75, 3.05) is 32.2 Å². The average Bonchev–Trinajstić information content (AvgIpc) is 3.17. The van der Waals surface area contributed by atoms with Gasteiger partial charge in [0.15, 0.2) is 0 Å². The van der Waals surface area contributed by atoms with Gasteiger partial charge in [0, 0.05) is 17.0 Å². The van der Waals surface area contributed by atoms with E-state index in [0.29, 0.717) is 23.9 Å². The number of hydrazine groups is 2. The van der Waals surface area contributed by atoms with Crippen molar-refractivity contribution in [3.63, 3.8) is 0 Å². The lowest BCUT2D eigenvalue weighted by atomic mass is 9.78. The topological polar surface area (TPSA) is 86.2 Å². The first-order chi connectivity index (χ1) is 16.3. The minimum atomic E-state index is -0.736. The highest BCUT2D eigenvalue weighted by molar-refractivity contribution is 9.10. The van der Waals surface area contributed by atoms with Crippen molar-refractivity contribution in [1.29, 1.82) is 0 Å². The molecule has 0 saturated heterocycles. The number of aliphatic hydroxyl groups excluding tert-OH is 2. The summed E-state index contributed by atoms with van der Waals surface area (Å²) in [5, 5.41) is 21.5. The van der Waals surface area contributed by atoms with Crippen LogP contribution < -0.4 is 20.4 Å². The Bertz CT molecular complexity index is 985. The largest absolute Gasteiger partial charge is 0.492 e. The van der Waals surface area contributed by atoms with Gasteiger partial charge in [-0.15, -0.1) is 17.1 Å². The Hall–Kier alpha value is -1.97. The van der Waals surface area contributed by atoms with Crippen LogP contribution in [0.25, 0.3) is 0 Å². The maximum atomic E-state index is 10.4. The van der Waals surface area contributed by atoms with Crippen LogP contribution in [0.1, 0.15) is 38.3 Å². The second kappa shape index (κ2) is 12.1. The van der Waals surface area contributed by atoms with Crippen LogP contribution in [0, 0.1) is 0 Å². The summed E-state index contributed by atoms with van der Waals surface area (Å²) < 4.78 is 12.5. The molecule has 0 amide bonds. The number of aliphatic hydroxyl groups is 2. The highest BCUT2D eigenvalue weighted by Gasteiger charge is 2.25. The van der Waals surface area contributed by atoms with Crippen molar-refractivity contribution in [2.45, 2.75) is 38.7 Å². The second-order valence-corrected chi connectivity index (χ2v) is 9.96. The van der Waals surface area contributed by atoms with E-state index in [1.165, 1.54) is 0 Å². The molecule has 34 heavy (non-hydrogen) atoms. The minimum Gasteiger partial charge on any atom is -0.492 e. The molecule has 1 atom stereocenters. The van der Waals surface area contributed by atoms with Gasteiger partial charge in [-0.1, -0.05) is 32.0 Å². The monoisotopic (exact) mass is 553 g/mol. The molecule has 0 aromatic heterocycles. The SMILES string of the molecule is CC1=C(CO)N(CC(O)COc2ccc(C(C)(C)c3ccc(OCCCCl)c(Br)c3)cc2)NN1. The Morgan fingerprint density at radius 1 is 1.12 bits per heavy atom. The standard InChI is InChI=1S/C25H33BrClN3O4/c1-17-23(15-31)30(29-28-17)14-20(32)16-34-21-8-5-18(6-9-21)25(2,3)19-7-10-24(22(26)13-19)33-12-4-11-27/h5-10,13,20,28-29,31-32H,4,11-12,14-16H2,1-3H3. The third kappa shape index (κ3) is 6.58. The molecule has 186 valence electrons. The molecular formula is C25H33BrClN3O4. The van der Waals surface area contributed by atoms with E-state index >= 15 is 0 Å². The Morgan fingerprint density at radius 3 is 2.47 bits per heavy atom. The van der Waals surface area contributed by atoms with Gasteiger partial charge in [0.05, 0.1) is 29.9 Å². The fraction of sp³-hybridized carbons (Fsp3) is 0.440. The molecule has 0 bridgehead atoms. The first-order valence-corrected chi connectivity index (χ1v) is 12.6. The number of nitrogens with one attached hydrogen (secondary N) is 2. The number of halogens is 2. The third-order valence-corrected chi connectivity index (χ3v) is 6.77. The lowest BCUT2D eigenvalue weighted by Gasteiger charge is -2.27. The Labute approximate surface area is 214 Å². The zero-order valence-electron chi connectivity index (χ0n) is 19.8. The molecule has 0 spiro atoms. The van der Waals surface area contributed by atoms with Gasteiger partial charge >= 0.3 is 0 Å². The minimum absolute atomic E-state index is 0.114. The molecule has 0 fully saturated rings. The smallest absolute Gasteiger partial charge is 0.133 e. The second-order valence-electron chi connectivity index (χ2n) is 8.73. The molecule has 2 aromatic carbocycles. The summed E-state index contributed by atoms with van der Waals surface area (Å²) in [6.07, 6.45) is 0.0693. The van der Waals surface area contributed by atoms with Gasteiger partial charge in [0.1, 0.15) is 24.2 Å². The summed E-state index contributed by atoms with van der Waals surface area (Å²) in [7, 11) is 0. The summed E-state index contributed by atoms with van der Waals surface area (Å²) in [4.78, 5) is 0. The molecule has 7 nitrogen and oxygen atoms in total. The number of ether oxygens (including phenoxy) is 2. The summed E-state index contributed by atoms with van der Waals surface area (Å²) in [6, 6.07) is 14.1. The molecule has 3 rings (SSSR count). The predicted octanol–water partition coefficient (Wildman–Crippen LogP) is 4.07. The van der Waals surface area contributed by atoms with Crippen LogP contribution in [0.5, 0.6) is 11.5 Å². The summed E-state index contributed by atoms with van der Waals surface area (Å²) in [6.45, 7) is 7.10. The van der Waals surface area contributed by atoms with Gasteiger partial charge in [0.25, 0.3) is 0 Å². The summed E-state index contributed by atoms with van der Waals surface area (Å²) >= 11 is 9.35. The zero-order chi connectivity index (χ0) is 24.7. The van der Waals surface area contributed by atoms with Gasteiger partial charge in [-0.2, -0.15) is 0 Å². The maximum absolute atomic E-state index is 10.4. The quantitative estimate of drug-likeness (QED) is 0.232. The zero-order valence-corrected chi connectivity index (χ0v) is 22.1. The maximum Gasteiger partial charge on any atom is 0.133 e. The number of alkyl halides is 1. The van der Waals surface area contributed by atoms with Crippen LogP contribution >= 0.6 is 27.5 Å². The van der Waals surface area contributed by atoms with Gasteiger partial charge in [0.2, 0.25) is 0 Å². The molecular weight excluding hydrogens is 522 g/mol. The fourth-order valence-electron chi connectivity index (χ4n) is 3.69. The average molecular weight is 555 g/mol. The molecule has 1 aliphatic rings. The van der Waals surface area contributed by atoms with Crippen LogP contribution in [0.3, 0.4) is 0 Å². The summed E-state index contributed by atoms with van der Waals surface area (Å²) in [5.74, 6) is 2.07. The van der Waals surface area contributed by atoms with E-state index in [4.69, 9.17) is 21.1 Å². The van der Waals surface area contributed by atoms with Crippen molar-refractivity contribution in [1.82, 2.24) is 16.0 Å². The lowest BCUT2D eigenvalue weighted by Crippen LogP contribution is -2.44. The van der Waals surface area contributed by atoms with E-state index in [-0.39, 0.29) is 25.2 Å². The normalized spacial score (nSPS) is 14.9. The van der Waals surface area contributed by atoms with Crippen LogP contribution in [0.2, 0.25) is 0 Å². The Morgan fingerprint density at radius 2 is 1.82 bits per heavy atom. The molecule has 1 aliphatic heterocycles. The van der Waals surface area contributed by atoms with Crippen LogP contribution in [0.15, 0.2) is 58.3 Å². The molecule has 0 saturated carbocycles. The lowest BCUT2D eigenvalue weighted by molar-refractivity contribution is 0.0600. The van der Waals surface area contributed by atoms with E-state index in [1.807, 2.05) is 37.3 Å². The van der Waals surface area contributed by atoms with E-state index in [2.05, 4.69) is 52.9 Å². The Kier molecular flexibility index (Phi) is 9.50.